The second-order valence-corrected chi connectivity index (χ2v) is 4.71. The first-order valence-electron chi connectivity index (χ1n) is 6.91. The highest BCUT2D eigenvalue weighted by molar-refractivity contribution is 5.57. The summed E-state index contributed by atoms with van der Waals surface area (Å²) in [4.78, 5) is 12.8. The predicted octanol–water partition coefficient (Wildman–Crippen LogP) is 2.79. The summed E-state index contributed by atoms with van der Waals surface area (Å²) in [6.45, 7) is 4.96. The van der Waals surface area contributed by atoms with Crippen molar-refractivity contribution in [2.75, 3.05) is 17.7 Å². The molecule has 0 aliphatic heterocycles. The Labute approximate surface area is 119 Å². The van der Waals surface area contributed by atoms with Crippen LogP contribution in [-0.2, 0) is 13.0 Å². The summed E-state index contributed by atoms with van der Waals surface area (Å²) in [5, 5.41) is 6.53. The van der Waals surface area contributed by atoms with E-state index < -0.39 is 0 Å². The maximum Gasteiger partial charge on any atom is 0.134 e. The van der Waals surface area contributed by atoms with Crippen LogP contribution in [0.25, 0.3) is 0 Å². The van der Waals surface area contributed by atoms with Gasteiger partial charge in [0.25, 0.3) is 0 Å². The Kier molecular flexibility index (Phi) is 4.87. The molecule has 2 rings (SSSR count). The summed E-state index contributed by atoms with van der Waals surface area (Å²) in [5.74, 6) is 1.79. The van der Waals surface area contributed by atoms with Crippen LogP contribution in [0.1, 0.15) is 30.0 Å². The summed E-state index contributed by atoms with van der Waals surface area (Å²) in [6, 6.07) is 2.02. The minimum absolute atomic E-state index is 0.719. The quantitative estimate of drug-likeness (QED) is 0.846. The molecule has 0 saturated heterocycles. The molecule has 0 saturated carbocycles. The lowest BCUT2D eigenvalue weighted by Gasteiger charge is -2.14. The molecule has 5 nitrogen and oxygen atoms in total. The molecule has 0 fully saturated rings. The van der Waals surface area contributed by atoms with Crippen molar-refractivity contribution in [3.8, 4) is 0 Å². The molecule has 0 aliphatic carbocycles. The van der Waals surface area contributed by atoms with Crippen LogP contribution >= 0.6 is 0 Å². The minimum Gasteiger partial charge on any atom is -0.373 e. The van der Waals surface area contributed by atoms with E-state index in [1.807, 2.05) is 25.5 Å². The fraction of sp³-hybridized carbons (Fsp3) is 0.400. The number of aromatic nitrogens is 3. The van der Waals surface area contributed by atoms with Gasteiger partial charge in [-0.2, -0.15) is 0 Å². The summed E-state index contributed by atoms with van der Waals surface area (Å²) < 4.78 is 0. The van der Waals surface area contributed by atoms with E-state index in [0.29, 0.717) is 0 Å². The molecule has 20 heavy (non-hydrogen) atoms. The van der Waals surface area contributed by atoms with Crippen molar-refractivity contribution in [3.63, 3.8) is 0 Å². The highest BCUT2D eigenvalue weighted by Crippen LogP contribution is 2.22. The van der Waals surface area contributed by atoms with E-state index in [4.69, 9.17) is 0 Å². The molecule has 0 unspecified atom stereocenters. The van der Waals surface area contributed by atoms with Gasteiger partial charge in [-0.3, -0.25) is 4.98 Å². The summed E-state index contributed by atoms with van der Waals surface area (Å²) in [7, 11) is 1.89. The van der Waals surface area contributed by atoms with Gasteiger partial charge in [0.05, 0.1) is 0 Å². The topological polar surface area (TPSA) is 62.7 Å². The summed E-state index contributed by atoms with van der Waals surface area (Å²) in [6.07, 6.45) is 7.30. The zero-order chi connectivity index (χ0) is 14.4. The Bertz CT molecular complexity index is 568. The maximum absolute atomic E-state index is 4.37. The predicted molar refractivity (Wildman–Crippen MR) is 81.9 cm³/mol. The molecule has 0 radical (unpaired) electrons. The first kappa shape index (κ1) is 14.2. The average Bonchev–Trinajstić information content (AvgIpc) is 2.47. The van der Waals surface area contributed by atoms with Crippen LogP contribution in [0.2, 0.25) is 0 Å². The molecule has 2 aromatic rings. The monoisotopic (exact) mass is 271 g/mol. The van der Waals surface area contributed by atoms with Gasteiger partial charge in [0.1, 0.15) is 18.0 Å². The third-order valence-corrected chi connectivity index (χ3v) is 3.28. The molecule has 0 bridgehead atoms. The van der Waals surface area contributed by atoms with E-state index in [-0.39, 0.29) is 0 Å². The number of hydrogen-bond donors (Lipinski definition) is 2. The van der Waals surface area contributed by atoms with Crippen molar-refractivity contribution in [2.45, 2.75) is 33.2 Å². The zero-order valence-electron chi connectivity index (χ0n) is 12.3. The van der Waals surface area contributed by atoms with Gasteiger partial charge in [-0.1, -0.05) is 13.3 Å². The van der Waals surface area contributed by atoms with Gasteiger partial charge in [0.15, 0.2) is 0 Å². The molecule has 5 heteroatoms. The SMILES string of the molecule is CCCc1c(NC)ncnc1NCc1cnccc1C. The summed E-state index contributed by atoms with van der Waals surface area (Å²) in [5.41, 5.74) is 3.55. The molecule has 0 aromatic carbocycles. The Balaban J connectivity index is 2.19. The molecular weight excluding hydrogens is 250 g/mol. The fourth-order valence-electron chi connectivity index (χ4n) is 2.13. The van der Waals surface area contributed by atoms with E-state index in [2.05, 4.69) is 39.4 Å². The lowest BCUT2D eigenvalue weighted by atomic mass is 10.1. The van der Waals surface area contributed by atoms with Crippen LogP contribution in [0.5, 0.6) is 0 Å². The van der Waals surface area contributed by atoms with Crippen molar-refractivity contribution in [1.82, 2.24) is 15.0 Å². The van der Waals surface area contributed by atoms with Gasteiger partial charge in [0, 0.05) is 31.5 Å². The molecule has 0 spiro atoms. The van der Waals surface area contributed by atoms with Crippen molar-refractivity contribution < 1.29 is 0 Å². The van der Waals surface area contributed by atoms with Gasteiger partial charge in [-0.15, -0.1) is 0 Å². The molecule has 0 amide bonds. The van der Waals surface area contributed by atoms with Crippen LogP contribution < -0.4 is 10.6 Å². The Morgan fingerprint density at radius 1 is 1.20 bits per heavy atom. The highest BCUT2D eigenvalue weighted by Gasteiger charge is 2.09. The third kappa shape index (κ3) is 3.23. The average molecular weight is 271 g/mol. The Morgan fingerprint density at radius 3 is 2.70 bits per heavy atom. The lowest BCUT2D eigenvalue weighted by Crippen LogP contribution is -2.09. The molecule has 0 aliphatic rings. The van der Waals surface area contributed by atoms with Crippen LogP contribution in [0, 0.1) is 6.92 Å². The van der Waals surface area contributed by atoms with Crippen LogP contribution in [0.4, 0.5) is 11.6 Å². The fourth-order valence-corrected chi connectivity index (χ4v) is 2.13. The van der Waals surface area contributed by atoms with Gasteiger partial charge in [-0.25, -0.2) is 9.97 Å². The third-order valence-electron chi connectivity index (χ3n) is 3.28. The molecule has 0 atom stereocenters. The van der Waals surface area contributed by atoms with Crippen molar-refractivity contribution in [3.05, 3.63) is 41.5 Å². The first-order valence-corrected chi connectivity index (χ1v) is 6.91. The van der Waals surface area contributed by atoms with E-state index in [9.17, 15) is 0 Å². The van der Waals surface area contributed by atoms with E-state index in [1.165, 1.54) is 11.1 Å². The number of nitrogens with one attached hydrogen (secondary N) is 2. The second kappa shape index (κ2) is 6.84. The number of pyridine rings is 1. The lowest BCUT2D eigenvalue weighted by molar-refractivity contribution is 0.898. The van der Waals surface area contributed by atoms with Gasteiger partial charge >= 0.3 is 0 Å². The first-order chi connectivity index (χ1) is 9.76. The smallest absolute Gasteiger partial charge is 0.134 e. The Hall–Kier alpha value is -2.17. The molecule has 2 heterocycles. The molecule has 2 N–H and O–H groups in total. The van der Waals surface area contributed by atoms with Gasteiger partial charge < -0.3 is 10.6 Å². The standard InChI is InChI=1S/C15H21N5/c1-4-5-13-14(16-3)19-10-20-15(13)18-9-12-8-17-7-6-11(12)2/h6-8,10H,4-5,9H2,1-3H3,(H2,16,18,19,20). The normalized spacial score (nSPS) is 10.3. The van der Waals surface area contributed by atoms with Crippen molar-refractivity contribution >= 4 is 11.6 Å². The van der Waals surface area contributed by atoms with Gasteiger partial charge in [0.2, 0.25) is 0 Å². The second-order valence-electron chi connectivity index (χ2n) is 4.71. The largest absolute Gasteiger partial charge is 0.373 e. The number of aryl methyl sites for hydroxylation is 1. The van der Waals surface area contributed by atoms with Crippen LogP contribution in [0.3, 0.4) is 0 Å². The van der Waals surface area contributed by atoms with Crippen LogP contribution in [0.15, 0.2) is 24.8 Å². The van der Waals surface area contributed by atoms with Gasteiger partial charge in [-0.05, 0) is 30.5 Å². The number of anilines is 2. The molecule has 106 valence electrons. The number of hydrogen-bond acceptors (Lipinski definition) is 5. The highest BCUT2D eigenvalue weighted by atomic mass is 15.1. The van der Waals surface area contributed by atoms with E-state index in [1.54, 1.807) is 6.33 Å². The number of rotatable bonds is 6. The zero-order valence-corrected chi connectivity index (χ0v) is 12.3. The summed E-state index contributed by atoms with van der Waals surface area (Å²) >= 11 is 0. The van der Waals surface area contributed by atoms with Crippen LogP contribution in [-0.4, -0.2) is 22.0 Å². The van der Waals surface area contributed by atoms with E-state index >= 15 is 0 Å². The number of nitrogens with zero attached hydrogens (tertiary/aromatic N) is 3. The molecule has 2 aromatic heterocycles. The van der Waals surface area contributed by atoms with Crippen molar-refractivity contribution in [1.29, 1.82) is 0 Å². The maximum atomic E-state index is 4.37. The molecular formula is C15H21N5. The minimum atomic E-state index is 0.719. The van der Waals surface area contributed by atoms with E-state index in [0.717, 1.165) is 36.6 Å². The Morgan fingerprint density at radius 2 is 2.00 bits per heavy atom. The van der Waals surface area contributed by atoms with Crippen molar-refractivity contribution in [2.24, 2.45) is 0 Å².